The zero-order valence-electron chi connectivity index (χ0n) is 19.1. The van der Waals surface area contributed by atoms with Gasteiger partial charge in [0, 0.05) is 11.1 Å². The van der Waals surface area contributed by atoms with Gasteiger partial charge in [0.15, 0.2) is 0 Å². The number of hydrogen-bond acceptors (Lipinski definition) is 4. The highest BCUT2D eigenvalue weighted by molar-refractivity contribution is 7.49. The molecule has 2 unspecified atom stereocenters. The fourth-order valence-corrected chi connectivity index (χ4v) is 6.26. The first-order chi connectivity index (χ1) is 15.5. The van der Waals surface area contributed by atoms with Gasteiger partial charge in [0.25, 0.3) is 0 Å². The molecule has 0 saturated carbocycles. The van der Waals surface area contributed by atoms with Crippen LogP contribution in [0.3, 0.4) is 0 Å². The van der Waals surface area contributed by atoms with Gasteiger partial charge in [0.1, 0.15) is 0 Å². The van der Waals surface area contributed by atoms with Crippen molar-refractivity contribution in [3.05, 3.63) is 82.9 Å². The Labute approximate surface area is 192 Å². The van der Waals surface area contributed by atoms with Gasteiger partial charge in [-0.15, -0.1) is 0 Å². The van der Waals surface area contributed by atoms with Crippen molar-refractivity contribution in [3.63, 3.8) is 0 Å². The van der Waals surface area contributed by atoms with Crippen LogP contribution in [0.2, 0.25) is 0 Å². The highest BCUT2D eigenvalue weighted by Gasteiger charge is 2.33. The van der Waals surface area contributed by atoms with Gasteiger partial charge >= 0.3 is 16.1 Å². The lowest BCUT2D eigenvalue weighted by molar-refractivity contribution is 0.478. The summed E-state index contributed by atoms with van der Waals surface area (Å²) in [5.74, 6) is 0.649. The first-order valence-corrected chi connectivity index (χ1v) is 13.5. The van der Waals surface area contributed by atoms with E-state index in [1.54, 1.807) is 24.3 Å². The monoisotopic (exact) mass is 468 g/mol. The van der Waals surface area contributed by atoms with Crippen molar-refractivity contribution in [2.75, 3.05) is 0 Å². The van der Waals surface area contributed by atoms with Crippen LogP contribution in [0.25, 0.3) is 0 Å². The van der Waals surface area contributed by atoms with Crippen molar-refractivity contribution in [1.29, 1.82) is 0 Å². The molecule has 0 amide bonds. The van der Waals surface area contributed by atoms with Gasteiger partial charge in [-0.25, -0.2) is 9.05 Å². The molecule has 6 heteroatoms. The topological polar surface area (TPSA) is 52.6 Å². The Hall–Kier alpha value is -2.54. The van der Waals surface area contributed by atoms with E-state index in [1.165, 1.54) is 11.1 Å². The zero-order chi connectivity index (χ0) is 23.1. The molecule has 0 bridgehead atoms. The standard InChI is InChI=1S/C26H30O4P2/c1-5-19-13-11-17-25(21(19)7-3)31(27)29-23-15-9-10-16-24(23)30-32(28)26-18-12-14-20(6-2)22(26)8-4/h9-18H,5-8H2,1-4H3/q+2. The summed E-state index contributed by atoms with van der Waals surface area (Å²) in [6.45, 7) is 8.28. The number of hydrogen-bond donors (Lipinski definition) is 0. The van der Waals surface area contributed by atoms with Crippen LogP contribution < -0.4 is 19.7 Å². The van der Waals surface area contributed by atoms with E-state index in [4.69, 9.17) is 9.05 Å². The van der Waals surface area contributed by atoms with E-state index < -0.39 is 16.1 Å². The van der Waals surface area contributed by atoms with E-state index in [-0.39, 0.29) is 0 Å². The molecule has 4 nitrogen and oxygen atoms in total. The Morgan fingerprint density at radius 1 is 0.562 bits per heavy atom. The van der Waals surface area contributed by atoms with Crippen LogP contribution in [0, 0.1) is 0 Å². The zero-order valence-corrected chi connectivity index (χ0v) is 20.9. The summed E-state index contributed by atoms with van der Waals surface area (Å²) in [7, 11) is -4.28. The molecule has 2 atom stereocenters. The fourth-order valence-electron chi connectivity index (χ4n) is 3.94. The number of benzene rings is 3. The van der Waals surface area contributed by atoms with Crippen LogP contribution in [0.5, 0.6) is 11.5 Å². The second kappa shape index (κ2) is 11.4. The summed E-state index contributed by atoms with van der Waals surface area (Å²) in [5.41, 5.74) is 4.47. The molecule has 32 heavy (non-hydrogen) atoms. The molecule has 0 aromatic heterocycles. The van der Waals surface area contributed by atoms with Crippen molar-refractivity contribution in [2.45, 2.75) is 53.4 Å². The predicted molar refractivity (Wildman–Crippen MR) is 133 cm³/mol. The van der Waals surface area contributed by atoms with Crippen LogP contribution in [0.1, 0.15) is 49.9 Å². The molecule has 166 valence electrons. The van der Waals surface area contributed by atoms with E-state index in [0.717, 1.165) is 36.8 Å². The average molecular weight is 468 g/mol. The lowest BCUT2D eigenvalue weighted by Gasteiger charge is -2.06. The lowest BCUT2D eigenvalue weighted by atomic mass is 10.0. The Bertz CT molecular complexity index is 1040. The van der Waals surface area contributed by atoms with E-state index in [9.17, 15) is 9.13 Å². The van der Waals surface area contributed by atoms with Gasteiger partial charge in [-0.3, -0.25) is 0 Å². The maximum absolute atomic E-state index is 13.2. The van der Waals surface area contributed by atoms with Crippen LogP contribution >= 0.6 is 16.1 Å². The van der Waals surface area contributed by atoms with Crippen molar-refractivity contribution < 1.29 is 18.2 Å². The maximum atomic E-state index is 13.2. The summed E-state index contributed by atoms with van der Waals surface area (Å²) in [4.78, 5) is 0. The van der Waals surface area contributed by atoms with E-state index in [2.05, 4.69) is 39.8 Å². The van der Waals surface area contributed by atoms with Crippen molar-refractivity contribution in [2.24, 2.45) is 0 Å². The van der Waals surface area contributed by atoms with Gasteiger partial charge in [-0.1, -0.05) is 64.1 Å². The third kappa shape index (κ3) is 5.26. The summed E-state index contributed by atoms with van der Waals surface area (Å²) < 4.78 is 38.0. The smallest absolute Gasteiger partial charge is 0.246 e. The van der Waals surface area contributed by atoms with Gasteiger partial charge in [0.2, 0.25) is 22.1 Å². The van der Waals surface area contributed by atoms with Crippen LogP contribution in [-0.2, 0) is 34.8 Å². The number of rotatable bonds is 10. The minimum Gasteiger partial charge on any atom is -0.246 e. The van der Waals surface area contributed by atoms with Crippen LogP contribution in [0.4, 0.5) is 0 Å². The third-order valence-electron chi connectivity index (χ3n) is 5.57. The molecule has 0 saturated heterocycles. The lowest BCUT2D eigenvalue weighted by Crippen LogP contribution is -2.11. The van der Waals surface area contributed by atoms with Gasteiger partial charge < -0.3 is 0 Å². The van der Waals surface area contributed by atoms with Gasteiger partial charge in [-0.2, -0.15) is 0 Å². The van der Waals surface area contributed by atoms with Crippen LogP contribution in [-0.4, -0.2) is 0 Å². The molecule has 0 radical (unpaired) electrons. The molecule has 0 aliphatic rings. The third-order valence-corrected chi connectivity index (χ3v) is 7.92. The molecule has 0 aliphatic heterocycles. The Kier molecular flexibility index (Phi) is 8.56. The first kappa shape index (κ1) is 24.1. The molecule has 0 spiro atoms. The average Bonchev–Trinajstić information content (AvgIpc) is 2.83. The molecule has 3 rings (SSSR count). The molecule has 0 aliphatic carbocycles. The summed E-state index contributed by atoms with van der Waals surface area (Å²) >= 11 is 0. The minimum absolute atomic E-state index is 0.325. The molecule has 0 fully saturated rings. The summed E-state index contributed by atoms with van der Waals surface area (Å²) in [6, 6.07) is 18.6. The molecular formula is C26H30O4P2+2. The van der Waals surface area contributed by atoms with Crippen molar-refractivity contribution >= 4 is 26.7 Å². The Morgan fingerprint density at radius 2 is 0.969 bits per heavy atom. The highest BCUT2D eigenvalue weighted by atomic mass is 31.1. The van der Waals surface area contributed by atoms with Crippen LogP contribution in [0.15, 0.2) is 60.7 Å². The Morgan fingerprint density at radius 3 is 1.31 bits per heavy atom. The molecule has 0 N–H and O–H groups in total. The second-order valence-corrected chi connectivity index (χ2v) is 9.74. The summed E-state index contributed by atoms with van der Waals surface area (Å²) in [5, 5.41) is 1.40. The normalized spacial score (nSPS) is 11.8. The molecule has 0 heterocycles. The Balaban J connectivity index is 1.88. The van der Waals surface area contributed by atoms with Gasteiger partial charge in [-0.05, 0) is 70.2 Å². The van der Waals surface area contributed by atoms with Crippen molar-refractivity contribution in [1.82, 2.24) is 0 Å². The molecule has 3 aromatic rings. The van der Waals surface area contributed by atoms with Gasteiger partial charge in [0.05, 0.1) is 0 Å². The quantitative estimate of drug-likeness (QED) is 0.306. The SMILES string of the molecule is CCc1cccc([P+](=O)Oc2ccccc2O[P+](=O)c2cccc(CC)c2CC)c1CC. The number of para-hydroxylation sites is 2. The molecule has 3 aromatic carbocycles. The largest absolute Gasteiger partial charge is 0.597 e. The minimum atomic E-state index is -2.14. The van der Waals surface area contributed by atoms with E-state index >= 15 is 0 Å². The predicted octanol–water partition coefficient (Wildman–Crippen LogP) is 6.83. The number of aryl methyl sites for hydroxylation is 2. The maximum Gasteiger partial charge on any atom is 0.597 e. The second-order valence-electron chi connectivity index (χ2n) is 7.39. The molecular weight excluding hydrogens is 438 g/mol. The fraction of sp³-hybridized carbons (Fsp3) is 0.308. The highest BCUT2D eigenvalue weighted by Crippen LogP contribution is 2.39. The summed E-state index contributed by atoms with van der Waals surface area (Å²) in [6.07, 6.45) is 3.30. The van der Waals surface area contributed by atoms with E-state index in [0.29, 0.717) is 22.1 Å². The first-order valence-electron chi connectivity index (χ1n) is 11.1. The van der Waals surface area contributed by atoms with E-state index in [1.807, 2.05) is 24.3 Å². The van der Waals surface area contributed by atoms with Crippen molar-refractivity contribution in [3.8, 4) is 11.5 Å².